The molecule has 0 aliphatic rings. The van der Waals surface area contributed by atoms with E-state index in [1.807, 2.05) is 30.3 Å². The number of aromatic nitrogens is 6. The van der Waals surface area contributed by atoms with Crippen LogP contribution in [0.4, 0.5) is 11.9 Å². The van der Waals surface area contributed by atoms with Gasteiger partial charge in [0.05, 0.1) is 40.9 Å². The fourth-order valence-corrected chi connectivity index (χ4v) is 4.27. The fraction of sp³-hybridized carbons (Fsp3) is 0.133. The summed E-state index contributed by atoms with van der Waals surface area (Å²) in [5.41, 5.74) is 5.66. The molecule has 0 unspecified atom stereocenters. The van der Waals surface area contributed by atoms with E-state index in [0.29, 0.717) is 24.1 Å². The Balaban J connectivity index is 0.000000193. The van der Waals surface area contributed by atoms with Crippen LogP contribution in [0, 0.1) is 0 Å². The Morgan fingerprint density at radius 1 is 0.767 bits per heavy atom. The SMILES string of the molecule is CCOC(=O)c1ccc2[nH]c(-c3ccnc(NC)n3)cc2c1.CNc1nccc(-c2cc3cc(C(=O)[O-])ccc3[nH]2)n1.[Na+]. The largest absolute Gasteiger partial charge is 1.00 e. The molecule has 0 aliphatic carbocycles. The molecule has 6 rings (SSSR count). The van der Waals surface area contributed by atoms with Gasteiger partial charge in [0.2, 0.25) is 11.9 Å². The number of nitrogens with zero attached hydrogens (tertiary/aromatic N) is 4. The predicted octanol–water partition coefficient (Wildman–Crippen LogP) is 0.877. The van der Waals surface area contributed by atoms with Crippen LogP contribution in [0.2, 0.25) is 0 Å². The summed E-state index contributed by atoms with van der Waals surface area (Å²) in [6.07, 6.45) is 3.36. The van der Waals surface area contributed by atoms with Gasteiger partial charge in [0, 0.05) is 48.3 Å². The average Bonchev–Trinajstić information content (AvgIpc) is 3.65. The summed E-state index contributed by atoms with van der Waals surface area (Å²) in [5, 5.41) is 18.4. The van der Waals surface area contributed by atoms with Gasteiger partial charge in [-0.3, -0.25) is 0 Å². The number of hydrogen-bond donors (Lipinski definition) is 4. The molecular formula is C30H27N8NaO4. The van der Waals surface area contributed by atoms with E-state index in [-0.39, 0.29) is 41.1 Å². The topological polar surface area (TPSA) is 174 Å². The molecule has 0 saturated carbocycles. The average molecular weight is 587 g/mol. The van der Waals surface area contributed by atoms with Crippen LogP contribution < -0.4 is 45.3 Å². The number of carbonyl (C=O) groups excluding carboxylic acids is 2. The van der Waals surface area contributed by atoms with Crippen LogP contribution in [0.5, 0.6) is 0 Å². The van der Waals surface area contributed by atoms with Crippen molar-refractivity contribution in [1.29, 1.82) is 0 Å². The van der Waals surface area contributed by atoms with Crippen LogP contribution >= 0.6 is 0 Å². The molecule has 6 aromatic rings. The third kappa shape index (κ3) is 7.17. The molecule has 12 nitrogen and oxygen atoms in total. The molecule has 0 amide bonds. The van der Waals surface area contributed by atoms with Gasteiger partial charge in [0.1, 0.15) is 0 Å². The quantitative estimate of drug-likeness (QED) is 0.155. The smallest absolute Gasteiger partial charge is 0.545 e. The standard InChI is InChI=1S/C16H16N4O2.C14H12N4O2.Na/c1-3-22-15(21)10-4-5-12-11(8-10)9-14(19-12)13-6-7-18-16(17-2)20-13;1-15-14-16-5-4-11(18-14)12-7-9-6-8(13(19)20)2-3-10(9)17-12;/h4-9,19H,3H2,1-2H3,(H,17,18,20);2-7,17H,1H3,(H,19,20)(H,15,16,18);/q;;+1/p-1. The minimum atomic E-state index is -1.19. The Morgan fingerprint density at radius 3 is 1.72 bits per heavy atom. The molecule has 0 saturated heterocycles. The number of rotatable bonds is 7. The van der Waals surface area contributed by atoms with Crippen molar-refractivity contribution in [3.63, 3.8) is 0 Å². The Morgan fingerprint density at radius 2 is 1.26 bits per heavy atom. The van der Waals surface area contributed by atoms with Gasteiger partial charge in [-0.2, -0.15) is 0 Å². The molecule has 4 heterocycles. The first kappa shape index (κ1) is 31.2. The normalized spacial score (nSPS) is 10.4. The minimum Gasteiger partial charge on any atom is -0.545 e. The number of carboxylic acids is 1. The predicted molar refractivity (Wildman–Crippen MR) is 158 cm³/mol. The van der Waals surface area contributed by atoms with Crippen molar-refractivity contribution in [3.05, 3.63) is 84.2 Å². The van der Waals surface area contributed by atoms with Crippen LogP contribution in [-0.2, 0) is 4.74 Å². The summed E-state index contributed by atoms with van der Waals surface area (Å²) in [4.78, 5) is 46.0. The van der Waals surface area contributed by atoms with Gasteiger partial charge in [-0.1, -0.05) is 6.07 Å². The maximum atomic E-state index is 11.8. The first-order chi connectivity index (χ1) is 20.4. The molecule has 0 radical (unpaired) electrons. The third-order valence-corrected chi connectivity index (χ3v) is 6.30. The zero-order chi connectivity index (χ0) is 29.6. The second-order valence-electron chi connectivity index (χ2n) is 9.01. The van der Waals surface area contributed by atoms with E-state index in [9.17, 15) is 14.7 Å². The van der Waals surface area contributed by atoms with E-state index in [4.69, 9.17) is 4.74 Å². The van der Waals surface area contributed by atoms with Crippen LogP contribution in [-0.4, -0.2) is 62.5 Å². The van der Waals surface area contributed by atoms with Gasteiger partial charge in [0.25, 0.3) is 0 Å². The van der Waals surface area contributed by atoms with E-state index >= 15 is 0 Å². The molecule has 212 valence electrons. The van der Waals surface area contributed by atoms with Gasteiger partial charge in [-0.25, -0.2) is 24.7 Å². The number of hydrogen-bond acceptors (Lipinski definition) is 10. The molecular weight excluding hydrogens is 559 g/mol. The van der Waals surface area contributed by atoms with Gasteiger partial charge in [0.15, 0.2) is 0 Å². The van der Waals surface area contributed by atoms with E-state index in [0.717, 1.165) is 44.6 Å². The van der Waals surface area contributed by atoms with Crippen LogP contribution in [0.1, 0.15) is 27.6 Å². The van der Waals surface area contributed by atoms with Crippen molar-refractivity contribution < 1.29 is 49.0 Å². The van der Waals surface area contributed by atoms with Gasteiger partial charge in [-0.05, 0) is 67.1 Å². The number of aromatic carboxylic acids is 1. The second-order valence-corrected chi connectivity index (χ2v) is 9.01. The monoisotopic (exact) mass is 586 g/mol. The van der Waals surface area contributed by atoms with Crippen molar-refractivity contribution in [3.8, 4) is 22.8 Å². The summed E-state index contributed by atoms with van der Waals surface area (Å²) < 4.78 is 5.02. The van der Waals surface area contributed by atoms with Crippen molar-refractivity contribution >= 4 is 45.6 Å². The van der Waals surface area contributed by atoms with Crippen molar-refractivity contribution in [2.24, 2.45) is 0 Å². The number of ether oxygens (including phenoxy) is 1. The maximum absolute atomic E-state index is 11.8. The third-order valence-electron chi connectivity index (χ3n) is 6.30. The van der Waals surface area contributed by atoms with E-state index < -0.39 is 5.97 Å². The van der Waals surface area contributed by atoms with Crippen LogP contribution in [0.25, 0.3) is 44.6 Å². The summed E-state index contributed by atoms with van der Waals surface area (Å²) in [6.45, 7) is 2.16. The number of carbonyl (C=O) groups is 2. The van der Waals surface area contributed by atoms with Gasteiger partial charge < -0.3 is 35.2 Å². The first-order valence-electron chi connectivity index (χ1n) is 13.0. The van der Waals surface area contributed by atoms with E-state index in [1.54, 1.807) is 57.7 Å². The molecule has 0 spiro atoms. The summed E-state index contributed by atoms with van der Waals surface area (Å²) in [5.74, 6) is -0.416. The molecule has 0 atom stereocenters. The number of anilines is 2. The summed E-state index contributed by atoms with van der Waals surface area (Å²) in [6, 6.07) is 17.6. The molecule has 0 aliphatic heterocycles. The minimum absolute atomic E-state index is 0. The number of esters is 1. The van der Waals surface area contributed by atoms with Crippen molar-refractivity contribution in [2.75, 3.05) is 31.3 Å². The Hall–Kier alpha value is -4.78. The van der Waals surface area contributed by atoms with Crippen molar-refractivity contribution in [2.45, 2.75) is 6.92 Å². The van der Waals surface area contributed by atoms with E-state index in [2.05, 4.69) is 40.5 Å². The second kappa shape index (κ2) is 13.9. The number of H-pyrrole nitrogens is 2. The summed E-state index contributed by atoms with van der Waals surface area (Å²) >= 11 is 0. The Labute approximate surface area is 268 Å². The van der Waals surface area contributed by atoms with Gasteiger partial charge >= 0.3 is 35.5 Å². The number of benzene rings is 2. The number of aromatic amines is 2. The Kier molecular flexibility index (Phi) is 10.1. The molecule has 43 heavy (non-hydrogen) atoms. The molecule has 13 heteroatoms. The molecule has 4 N–H and O–H groups in total. The molecule has 0 fully saturated rings. The zero-order valence-corrected chi connectivity index (χ0v) is 26.1. The number of carboxylic acid groups (broad SMARTS) is 1. The number of nitrogens with one attached hydrogen (secondary N) is 4. The number of fused-ring (bicyclic) bond motifs is 2. The maximum Gasteiger partial charge on any atom is 1.00 e. The van der Waals surface area contributed by atoms with Crippen LogP contribution in [0.15, 0.2) is 73.1 Å². The molecule has 4 aromatic heterocycles. The molecule has 2 aromatic carbocycles. The fourth-order valence-electron chi connectivity index (χ4n) is 4.27. The van der Waals surface area contributed by atoms with Crippen molar-refractivity contribution in [1.82, 2.24) is 29.9 Å². The van der Waals surface area contributed by atoms with E-state index in [1.165, 1.54) is 6.07 Å². The Bertz CT molecular complexity index is 1900. The zero-order valence-electron chi connectivity index (χ0n) is 24.1. The molecule has 0 bridgehead atoms. The first-order valence-corrected chi connectivity index (χ1v) is 13.0. The van der Waals surface area contributed by atoms with Gasteiger partial charge in [-0.15, -0.1) is 0 Å². The summed E-state index contributed by atoms with van der Waals surface area (Å²) in [7, 11) is 3.52. The van der Waals surface area contributed by atoms with Crippen LogP contribution in [0.3, 0.4) is 0 Å².